The van der Waals surface area contributed by atoms with Gasteiger partial charge < -0.3 is 16.6 Å². The van der Waals surface area contributed by atoms with Crippen LogP contribution >= 0.6 is 11.8 Å². The van der Waals surface area contributed by atoms with Gasteiger partial charge in [-0.25, -0.2) is 9.97 Å². The molecule has 0 radical (unpaired) electrons. The van der Waals surface area contributed by atoms with Gasteiger partial charge in [0.05, 0.1) is 0 Å². The van der Waals surface area contributed by atoms with Crippen LogP contribution in [0.1, 0.15) is 25.7 Å². The maximum absolute atomic E-state index is 8.61. The van der Waals surface area contributed by atoms with Gasteiger partial charge in [-0.15, -0.1) is 0 Å². The summed E-state index contributed by atoms with van der Waals surface area (Å²) in [6.07, 6.45) is 4.15. The number of aliphatic hydroxyl groups excluding tert-OH is 1. The molecule has 0 amide bonds. The molecule has 6 heteroatoms. The quantitative estimate of drug-likeness (QED) is 0.378. The summed E-state index contributed by atoms with van der Waals surface area (Å²) in [6, 6.07) is 1.55. The number of unbranched alkanes of at least 4 members (excludes halogenated alkanes) is 3. The van der Waals surface area contributed by atoms with E-state index in [-0.39, 0.29) is 6.61 Å². The first-order chi connectivity index (χ1) is 7.72. The number of thioether (sulfide) groups is 1. The van der Waals surface area contributed by atoms with Gasteiger partial charge in [-0.1, -0.05) is 24.6 Å². The van der Waals surface area contributed by atoms with E-state index >= 15 is 0 Å². The van der Waals surface area contributed by atoms with Gasteiger partial charge in [0.2, 0.25) is 0 Å². The topological polar surface area (TPSA) is 98.1 Å². The molecule has 1 aromatic heterocycles. The van der Waals surface area contributed by atoms with Crippen LogP contribution in [0.2, 0.25) is 0 Å². The monoisotopic (exact) mass is 242 g/mol. The van der Waals surface area contributed by atoms with Gasteiger partial charge in [0, 0.05) is 18.4 Å². The second-order valence-corrected chi connectivity index (χ2v) is 4.55. The number of nitrogens with zero attached hydrogens (tertiary/aromatic N) is 2. The van der Waals surface area contributed by atoms with Crippen molar-refractivity contribution in [1.29, 1.82) is 0 Å². The summed E-state index contributed by atoms with van der Waals surface area (Å²) in [6.45, 7) is 0.280. The van der Waals surface area contributed by atoms with Crippen molar-refractivity contribution < 1.29 is 5.11 Å². The molecule has 0 saturated heterocycles. The normalized spacial score (nSPS) is 10.6. The van der Waals surface area contributed by atoms with E-state index in [1.807, 2.05) is 0 Å². The van der Waals surface area contributed by atoms with Crippen molar-refractivity contribution in [3.05, 3.63) is 6.07 Å². The molecule has 0 atom stereocenters. The molecule has 1 heterocycles. The molecule has 0 unspecified atom stereocenters. The number of rotatable bonds is 7. The van der Waals surface area contributed by atoms with Gasteiger partial charge in [0.25, 0.3) is 0 Å². The second kappa shape index (κ2) is 7.29. The van der Waals surface area contributed by atoms with Crippen molar-refractivity contribution in [2.45, 2.75) is 30.8 Å². The molecular formula is C10H18N4OS. The van der Waals surface area contributed by atoms with Crippen LogP contribution in [0.4, 0.5) is 11.6 Å². The molecule has 0 bridgehead atoms. The third-order valence-corrected chi connectivity index (χ3v) is 2.96. The average Bonchev–Trinajstić information content (AvgIpc) is 2.22. The van der Waals surface area contributed by atoms with Gasteiger partial charge in [0.15, 0.2) is 5.16 Å². The highest BCUT2D eigenvalue weighted by Gasteiger charge is 2.00. The van der Waals surface area contributed by atoms with Crippen molar-refractivity contribution in [2.24, 2.45) is 0 Å². The summed E-state index contributed by atoms with van der Waals surface area (Å²) in [4.78, 5) is 8.16. The Labute approximate surface area is 99.7 Å². The Morgan fingerprint density at radius 1 is 1.06 bits per heavy atom. The fourth-order valence-corrected chi connectivity index (χ4v) is 2.13. The van der Waals surface area contributed by atoms with E-state index in [4.69, 9.17) is 16.6 Å². The number of anilines is 2. The van der Waals surface area contributed by atoms with E-state index in [0.717, 1.165) is 31.4 Å². The minimum Gasteiger partial charge on any atom is -0.396 e. The molecular weight excluding hydrogens is 224 g/mol. The van der Waals surface area contributed by atoms with Crippen LogP contribution < -0.4 is 11.5 Å². The zero-order valence-corrected chi connectivity index (χ0v) is 10.0. The third-order valence-electron chi connectivity index (χ3n) is 2.03. The summed E-state index contributed by atoms with van der Waals surface area (Å²) >= 11 is 1.56. The van der Waals surface area contributed by atoms with Crippen LogP contribution in [0.3, 0.4) is 0 Å². The van der Waals surface area contributed by atoms with Gasteiger partial charge in [0.1, 0.15) is 11.6 Å². The molecule has 0 aliphatic heterocycles. The predicted molar refractivity (Wildman–Crippen MR) is 67.1 cm³/mol. The van der Waals surface area contributed by atoms with E-state index in [9.17, 15) is 0 Å². The zero-order valence-electron chi connectivity index (χ0n) is 9.22. The summed E-state index contributed by atoms with van der Waals surface area (Å²) in [7, 11) is 0. The molecule has 0 spiro atoms. The lowest BCUT2D eigenvalue weighted by Crippen LogP contribution is -1.99. The Bertz CT molecular complexity index is 301. The molecule has 90 valence electrons. The lowest BCUT2D eigenvalue weighted by atomic mass is 10.2. The zero-order chi connectivity index (χ0) is 11.8. The van der Waals surface area contributed by atoms with Gasteiger partial charge >= 0.3 is 0 Å². The molecule has 0 aliphatic carbocycles. The molecule has 5 nitrogen and oxygen atoms in total. The largest absolute Gasteiger partial charge is 0.396 e. The van der Waals surface area contributed by atoms with Crippen molar-refractivity contribution in [1.82, 2.24) is 9.97 Å². The fourth-order valence-electron chi connectivity index (χ4n) is 1.26. The smallest absolute Gasteiger partial charge is 0.191 e. The highest BCUT2D eigenvalue weighted by Crippen LogP contribution is 2.18. The van der Waals surface area contributed by atoms with Gasteiger partial charge in [-0.05, 0) is 12.8 Å². The van der Waals surface area contributed by atoms with Crippen LogP contribution in [0.5, 0.6) is 0 Å². The van der Waals surface area contributed by atoms with Crippen LogP contribution in [0.15, 0.2) is 11.2 Å². The SMILES string of the molecule is Nc1cc(N)nc(SCCCCCCO)n1. The molecule has 1 rings (SSSR count). The standard InChI is InChI=1S/C10H18N4OS/c11-8-7-9(12)14-10(13-8)16-6-4-2-1-3-5-15/h7,15H,1-6H2,(H4,11,12,13,14). The molecule has 0 aliphatic rings. The lowest BCUT2D eigenvalue weighted by molar-refractivity contribution is 0.283. The average molecular weight is 242 g/mol. The Hall–Kier alpha value is -1.01. The first-order valence-corrected chi connectivity index (χ1v) is 6.34. The molecule has 16 heavy (non-hydrogen) atoms. The van der Waals surface area contributed by atoms with E-state index in [1.54, 1.807) is 17.8 Å². The Morgan fingerprint density at radius 2 is 1.69 bits per heavy atom. The number of aromatic nitrogens is 2. The first kappa shape index (κ1) is 13.1. The Kier molecular flexibility index (Phi) is 5.95. The highest BCUT2D eigenvalue weighted by atomic mass is 32.2. The van der Waals surface area contributed by atoms with Crippen LogP contribution in [-0.4, -0.2) is 27.4 Å². The summed E-state index contributed by atoms with van der Waals surface area (Å²) in [5, 5.41) is 9.25. The van der Waals surface area contributed by atoms with E-state index < -0.39 is 0 Å². The summed E-state index contributed by atoms with van der Waals surface area (Å²) < 4.78 is 0. The number of hydrogen-bond acceptors (Lipinski definition) is 6. The molecule has 5 N–H and O–H groups in total. The Balaban J connectivity index is 2.21. The summed E-state index contributed by atoms with van der Waals surface area (Å²) in [5.41, 5.74) is 11.1. The minimum absolute atomic E-state index is 0.280. The molecule has 1 aromatic rings. The van der Waals surface area contributed by atoms with Crippen molar-refractivity contribution in [3.63, 3.8) is 0 Å². The second-order valence-electron chi connectivity index (χ2n) is 3.49. The van der Waals surface area contributed by atoms with Crippen molar-refractivity contribution in [2.75, 3.05) is 23.8 Å². The fraction of sp³-hybridized carbons (Fsp3) is 0.600. The van der Waals surface area contributed by atoms with Crippen LogP contribution in [0.25, 0.3) is 0 Å². The maximum atomic E-state index is 8.61. The number of hydrogen-bond donors (Lipinski definition) is 3. The van der Waals surface area contributed by atoms with E-state index in [2.05, 4.69) is 9.97 Å². The Morgan fingerprint density at radius 3 is 2.31 bits per heavy atom. The molecule has 0 aromatic carbocycles. The lowest BCUT2D eigenvalue weighted by Gasteiger charge is -2.02. The highest BCUT2D eigenvalue weighted by molar-refractivity contribution is 7.99. The van der Waals surface area contributed by atoms with Crippen molar-refractivity contribution in [3.8, 4) is 0 Å². The van der Waals surface area contributed by atoms with Gasteiger partial charge in [-0.3, -0.25) is 0 Å². The van der Waals surface area contributed by atoms with Crippen LogP contribution in [-0.2, 0) is 0 Å². The summed E-state index contributed by atoms with van der Waals surface area (Å²) in [5.74, 6) is 1.78. The minimum atomic E-state index is 0.280. The van der Waals surface area contributed by atoms with Gasteiger partial charge in [-0.2, -0.15) is 0 Å². The first-order valence-electron chi connectivity index (χ1n) is 5.36. The maximum Gasteiger partial charge on any atom is 0.191 e. The molecule has 0 saturated carbocycles. The van der Waals surface area contributed by atoms with Crippen molar-refractivity contribution >= 4 is 23.4 Å². The molecule has 0 fully saturated rings. The number of nitrogens with two attached hydrogens (primary N) is 2. The third kappa shape index (κ3) is 5.18. The predicted octanol–water partition coefficient (Wildman–Crippen LogP) is 1.29. The number of nitrogen functional groups attached to an aromatic ring is 2. The van der Waals surface area contributed by atoms with E-state index in [0.29, 0.717) is 16.8 Å². The van der Waals surface area contributed by atoms with Crippen LogP contribution in [0, 0.1) is 0 Å². The number of aliphatic hydroxyl groups is 1. The van der Waals surface area contributed by atoms with E-state index in [1.165, 1.54) is 0 Å².